The molecular formula is C72H47N2O2P. The van der Waals surface area contributed by atoms with Crippen molar-refractivity contribution in [3.05, 3.63) is 285 Å². The lowest BCUT2D eigenvalue weighted by Crippen LogP contribution is -2.24. The van der Waals surface area contributed by atoms with Gasteiger partial charge in [0.1, 0.15) is 11.2 Å². The molecule has 0 spiro atoms. The molecular weight excluding hydrogens is 956 g/mol. The third kappa shape index (κ3) is 7.40. The SMILES string of the molecule is O=P(c1ccccc1)(c1ccccc1)c1ccc(-c2cccc(-c3cccc(-c4cccc(-c5ccc6c(c5)c5ccccc5n6-c5ccc6c(c5)c5ccccc5n6-c5ccc6oc7ccccc7c6c5)c4)c3)c2)cc1. The lowest BCUT2D eigenvalue weighted by Gasteiger charge is -2.20. The molecule has 3 heterocycles. The Morgan fingerprint density at radius 2 is 0.623 bits per heavy atom. The van der Waals surface area contributed by atoms with E-state index in [9.17, 15) is 0 Å². The van der Waals surface area contributed by atoms with E-state index in [4.69, 9.17) is 4.42 Å². The third-order valence-corrected chi connectivity index (χ3v) is 18.7. The second kappa shape index (κ2) is 18.0. The fourth-order valence-electron chi connectivity index (χ4n) is 11.9. The van der Waals surface area contributed by atoms with Gasteiger partial charge in [0.25, 0.3) is 0 Å². The third-order valence-electron chi connectivity index (χ3n) is 15.6. The summed E-state index contributed by atoms with van der Waals surface area (Å²) < 4.78 is 26.1. The van der Waals surface area contributed by atoms with Crippen molar-refractivity contribution in [2.75, 3.05) is 0 Å². The Bertz CT molecular complexity index is 4790. The van der Waals surface area contributed by atoms with Crippen LogP contribution in [0.4, 0.5) is 0 Å². The van der Waals surface area contributed by atoms with E-state index >= 15 is 4.57 Å². The minimum Gasteiger partial charge on any atom is -0.456 e. The maximum atomic E-state index is 15.0. The topological polar surface area (TPSA) is 40.1 Å². The molecule has 0 N–H and O–H groups in total. The monoisotopic (exact) mass is 1000 g/mol. The largest absolute Gasteiger partial charge is 0.456 e. The first-order valence-electron chi connectivity index (χ1n) is 26.2. The van der Waals surface area contributed by atoms with Gasteiger partial charge in [-0.15, -0.1) is 0 Å². The predicted octanol–water partition coefficient (Wildman–Crippen LogP) is 18.1. The molecule has 0 atom stereocenters. The zero-order valence-corrected chi connectivity index (χ0v) is 42.7. The highest BCUT2D eigenvalue weighted by atomic mass is 31.2. The van der Waals surface area contributed by atoms with Crippen molar-refractivity contribution in [2.45, 2.75) is 0 Å². The highest BCUT2D eigenvalue weighted by Gasteiger charge is 2.29. The van der Waals surface area contributed by atoms with E-state index in [-0.39, 0.29) is 0 Å². The van der Waals surface area contributed by atoms with Gasteiger partial charge in [-0.1, -0.05) is 200 Å². The maximum absolute atomic E-state index is 15.0. The Labute approximate surface area is 445 Å². The molecule has 0 fully saturated rings. The molecule has 362 valence electrons. The second-order valence-corrected chi connectivity index (χ2v) is 22.8. The number of fused-ring (bicyclic) bond motifs is 9. The van der Waals surface area contributed by atoms with Gasteiger partial charge >= 0.3 is 0 Å². The van der Waals surface area contributed by atoms with Crippen molar-refractivity contribution >= 4 is 88.6 Å². The molecule has 0 aliphatic carbocycles. The smallest absolute Gasteiger partial charge is 0.171 e. The Morgan fingerprint density at radius 1 is 0.247 bits per heavy atom. The van der Waals surface area contributed by atoms with Crippen LogP contribution in [0, 0.1) is 0 Å². The summed E-state index contributed by atoms with van der Waals surface area (Å²) >= 11 is 0. The van der Waals surface area contributed by atoms with Crippen molar-refractivity contribution in [1.29, 1.82) is 0 Å². The molecule has 0 radical (unpaired) electrons. The first-order valence-corrected chi connectivity index (χ1v) is 27.9. The van der Waals surface area contributed by atoms with Crippen molar-refractivity contribution in [2.24, 2.45) is 0 Å². The van der Waals surface area contributed by atoms with Crippen LogP contribution in [-0.4, -0.2) is 9.13 Å². The van der Waals surface area contributed by atoms with E-state index in [1.54, 1.807) is 0 Å². The van der Waals surface area contributed by atoms with E-state index in [2.05, 4.69) is 209 Å². The first kappa shape index (κ1) is 44.7. The van der Waals surface area contributed by atoms with Crippen LogP contribution < -0.4 is 15.9 Å². The number of hydrogen-bond acceptors (Lipinski definition) is 2. The van der Waals surface area contributed by atoms with Crippen molar-refractivity contribution in [1.82, 2.24) is 9.13 Å². The maximum Gasteiger partial charge on any atom is 0.171 e. The van der Waals surface area contributed by atoms with Crippen molar-refractivity contribution in [3.8, 4) is 55.9 Å². The molecule has 0 bridgehead atoms. The number of furan rings is 1. The lowest BCUT2D eigenvalue weighted by molar-refractivity contribution is 0.592. The Balaban J connectivity index is 0.752. The van der Waals surface area contributed by atoms with Crippen LogP contribution >= 0.6 is 7.14 Å². The zero-order chi connectivity index (χ0) is 51.0. The molecule has 0 amide bonds. The standard InChI is InChI=1S/C72H47N2O2P/c75-77(58-22-3-1-4-23-58,59-24-5-2-6-25-59)60-37-32-48(33-38-60)49-16-13-17-50(42-49)51-18-14-19-52(43-51)53-20-15-21-54(44-53)55-34-39-69-64(45-55)61-26-7-10-29-67(61)73(69)56-35-40-70-65(46-56)62-27-8-11-30-68(62)74(70)57-36-41-72-66(47-57)63-28-9-12-31-71(63)76-72/h1-47H. The molecule has 4 nitrogen and oxygen atoms in total. The van der Waals surface area contributed by atoms with E-state index < -0.39 is 7.14 Å². The van der Waals surface area contributed by atoms with Gasteiger partial charge < -0.3 is 18.1 Å². The summed E-state index contributed by atoms with van der Waals surface area (Å²) in [6, 6.07) is 101. The summed E-state index contributed by atoms with van der Waals surface area (Å²) in [5, 5.41) is 9.56. The summed E-state index contributed by atoms with van der Waals surface area (Å²) in [4.78, 5) is 0. The predicted molar refractivity (Wildman–Crippen MR) is 324 cm³/mol. The fraction of sp³-hybridized carbons (Fsp3) is 0. The average molecular weight is 1000 g/mol. The summed E-state index contributed by atoms with van der Waals surface area (Å²) in [5.41, 5.74) is 17.8. The molecule has 5 heteroatoms. The van der Waals surface area contributed by atoms with Gasteiger partial charge in [-0.2, -0.15) is 0 Å². The highest BCUT2D eigenvalue weighted by Crippen LogP contribution is 2.44. The average Bonchev–Trinajstić information content (AvgIpc) is 4.21. The van der Waals surface area contributed by atoms with Crippen LogP contribution in [0.15, 0.2) is 290 Å². The van der Waals surface area contributed by atoms with Gasteiger partial charge in [0.05, 0.1) is 22.1 Å². The van der Waals surface area contributed by atoms with Crippen LogP contribution in [0.1, 0.15) is 0 Å². The van der Waals surface area contributed by atoms with E-state index in [0.29, 0.717) is 0 Å². The van der Waals surface area contributed by atoms with Crippen LogP contribution in [0.3, 0.4) is 0 Å². The summed E-state index contributed by atoms with van der Waals surface area (Å²) in [6.45, 7) is 0. The number of nitrogens with zero attached hydrogens (tertiary/aromatic N) is 2. The Morgan fingerprint density at radius 3 is 1.18 bits per heavy atom. The van der Waals surface area contributed by atoms with Crippen LogP contribution in [-0.2, 0) is 4.57 Å². The summed E-state index contributed by atoms with van der Waals surface area (Å²) in [7, 11) is -3.07. The van der Waals surface area contributed by atoms with Gasteiger partial charge in [0.2, 0.25) is 0 Å². The minimum absolute atomic E-state index is 0.820. The fourth-order valence-corrected chi connectivity index (χ4v) is 14.5. The van der Waals surface area contributed by atoms with Crippen LogP contribution in [0.2, 0.25) is 0 Å². The van der Waals surface area contributed by atoms with Crippen LogP contribution in [0.5, 0.6) is 0 Å². The molecule has 15 rings (SSSR count). The quantitative estimate of drug-likeness (QED) is 0.135. The van der Waals surface area contributed by atoms with Gasteiger partial charge in [-0.3, -0.25) is 0 Å². The van der Waals surface area contributed by atoms with Gasteiger partial charge in [-0.05, 0) is 129 Å². The first-order chi connectivity index (χ1) is 38.0. The van der Waals surface area contributed by atoms with Crippen molar-refractivity contribution in [3.63, 3.8) is 0 Å². The summed E-state index contributed by atoms with van der Waals surface area (Å²) in [6.07, 6.45) is 0. The Hall–Kier alpha value is -9.73. The minimum atomic E-state index is -3.07. The molecule has 0 aliphatic rings. The van der Waals surface area contributed by atoms with Gasteiger partial charge in [0, 0.05) is 59.6 Å². The van der Waals surface area contributed by atoms with Crippen molar-refractivity contribution < 1.29 is 8.98 Å². The normalized spacial score (nSPS) is 11.9. The van der Waals surface area contributed by atoms with Gasteiger partial charge in [0.15, 0.2) is 7.14 Å². The van der Waals surface area contributed by atoms with Crippen LogP contribution in [0.25, 0.3) is 121 Å². The molecule has 3 aromatic heterocycles. The molecule has 0 unspecified atom stereocenters. The lowest BCUT2D eigenvalue weighted by atomic mass is 9.94. The molecule has 0 saturated heterocycles. The highest BCUT2D eigenvalue weighted by molar-refractivity contribution is 7.85. The van der Waals surface area contributed by atoms with E-state index in [0.717, 1.165) is 105 Å². The summed E-state index contributed by atoms with van der Waals surface area (Å²) in [5.74, 6) is 0. The number of benzene rings is 12. The number of aromatic nitrogens is 2. The number of rotatable bonds is 9. The second-order valence-electron chi connectivity index (χ2n) is 20.0. The van der Waals surface area contributed by atoms with E-state index in [1.165, 1.54) is 32.6 Å². The molecule has 0 aliphatic heterocycles. The number of hydrogen-bond donors (Lipinski definition) is 0. The van der Waals surface area contributed by atoms with E-state index in [1.807, 2.05) is 84.9 Å². The molecule has 15 aromatic rings. The Kier molecular flexibility index (Phi) is 10.5. The van der Waals surface area contributed by atoms with Gasteiger partial charge in [-0.25, -0.2) is 0 Å². The molecule has 0 saturated carbocycles. The number of para-hydroxylation sites is 3. The zero-order valence-electron chi connectivity index (χ0n) is 41.8. The molecule has 77 heavy (non-hydrogen) atoms. The molecule has 12 aromatic carbocycles.